The third kappa shape index (κ3) is 3.89. The first kappa shape index (κ1) is 19.3. The molecular formula is C25H24N4O2. The molecule has 4 aromatic rings. The molecule has 6 heteroatoms. The number of aromatic amines is 1. The number of carbonyl (C=O) groups is 2. The number of ketones is 1. The molecule has 1 aliphatic rings. The Morgan fingerprint density at radius 3 is 2.55 bits per heavy atom. The average Bonchev–Trinajstić information content (AvgIpc) is 3.41. The molecule has 0 spiro atoms. The number of H-pyrrole nitrogens is 1. The molecule has 1 N–H and O–H groups in total. The van der Waals surface area contributed by atoms with E-state index >= 15 is 0 Å². The fourth-order valence-corrected chi connectivity index (χ4v) is 4.23. The normalized spacial score (nSPS) is 15.7. The molecule has 1 unspecified atom stereocenters. The van der Waals surface area contributed by atoms with Gasteiger partial charge in [-0.25, -0.2) is 4.98 Å². The van der Waals surface area contributed by atoms with Gasteiger partial charge in [0, 0.05) is 43.9 Å². The summed E-state index contributed by atoms with van der Waals surface area (Å²) >= 11 is 0. The molecule has 1 aliphatic heterocycles. The van der Waals surface area contributed by atoms with Gasteiger partial charge in [0.15, 0.2) is 5.78 Å². The van der Waals surface area contributed by atoms with Crippen LogP contribution in [0, 0.1) is 0 Å². The number of imidazole rings is 1. The molecule has 1 fully saturated rings. The topological polar surface area (TPSA) is 71.0 Å². The number of Topliss-reactive ketones (excluding diaryl/α,β-unsaturated/α-hetero) is 1. The van der Waals surface area contributed by atoms with E-state index in [-0.39, 0.29) is 17.7 Å². The van der Waals surface area contributed by atoms with Gasteiger partial charge >= 0.3 is 0 Å². The smallest absolute Gasteiger partial charge is 0.223 e. The number of carbonyl (C=O) groups excluding carboxylic acids is 2. The van der Waals surface area contributed by atoms with Crippen LogP contribution < -0.4 is 0 Å². The van der Waals surface area contributed by atoms with Crippen molar-refractivity contribution in [1.82, 2.24) is 19.4 Å². The van der Waals surface area contributed by atoms with Gasteiger partial charge in [-0.3, -0.25) is 9.59 Å². The zero-order valence-corrected chi connectivity index (χ0v) is 17.2. The van der Waals surface area contributed by atoms with E-state index in [1.807, 2.05) is 77.6 Å². The lowest BCUT2D eigenvalue weighted by Crippen LogP contribution is -2.55. The average molecular weight is 412 g/mol. The standard InChI is InChI=1S/C25H24N4O2/c30-23(17-18-7-1-4-10-21(18)28-14-5-6-15-28)22-13-16-29(22)25(31)12-11-24-26-19-8-2-3-9-20(19)27-24/h1-10,14-15,22H,11-13,16-17H2,(H,26,27). The van der Waals surface area contributed by atoms with E-state index < -0.39 is 0 Å². The third-order valence-corrected chi connectivity index (χ3v) is 5.96. The first-order chi connectivity index (χ1) is 15.2. The van der Waals surface area contributed by atoms with Gasteiger partial charge in [0.2, 0.25) is 5.91 Å². The number of hydrogen-bond donors (Lipinski definition) is 1. The molecule has 0 bridgehead atoms. The molecule has 156 valence electrons. The largest absolute Gasteiger partial charge is 0.342 e. The van der Waals surface area contributed by atoms with Crippen LogP contribution in [-0.2, 0) is 22.4 Å². The van der Waals surface area contributed by atoms with Crippen molar-refractivity contribution in [3.63, 3.8) is 0 Å². The minimum absolute atomic E-state index is 0.0174. The maximum absolute atomic E-state index is 13.0. The van der Waals surface area contributed by atoms with Crippen molar-refractivity contribution in [3.8, 4) is 5.69 Å². The van der Waals surface area contributed by atoms with Gasteiger partial charge in [-0.05, 0) is 42.3 Å². The molecule has 31 heavy (non-hydrogen) atoms. The number of amides is 1. The van der Waals surface area contributed by atoms with Gasteiger partial charge in [0.25, 0.3) is 0 Å². The Balaban J connectivity index is 1.22. The maximum Gasteiger partial charge on any atom is 0.223 e. The zero-order valence-electron chi connectivity index (χ0n) is 17.2. The summed E-state index contributed by atoms with van der Waals surface area (Å²) in [5.41, 5.74) is 3.86. The fraction of sp³-hybridized carbons (Fsp3) is 0.240. The van der Waals surface area contributed by atoms with Gasteiger partial charge in [-0.1, -0.05) is 30.3 Å². The van der Waals surface area contributed by atoms with E-state index in [0.29, 0.717) is 25.8 Å². The number of aromatic nitrogens is 3. The number of nitrogens with one attached hydrogen (secondary N) is 1. The SMILES string of the molecule is O=C(Cc1ccccc1-n1cccc1)C1CCN1C(=O)CCc1nc2ccccc2[nH]1. The summed E-state index contributed by atoms with van der Waals surface area (Å²) in [5.74, 6) is 0.922. The Kier molecular flexibility index (Phi) is 5.12. The van der Waals surface area contributed by atoms with Crippen molar-refractivity contribution in [3.05, 3.63) is 84.4 Å². The Bertz CT molecular complexity index is 1190. The highest BCUT2D eigenvalue weighted by atomic mass is 16.2. The van der Waals surface area contributed by atoms with Crippen LogP contribution in [0.3, 0.4) is 0 Å². The summed E-state index contributed by atoms with van der Waals surface area (Å²) in [5, 5.41) is 0. The quantitative estimate of drug-likeness (QED) is 0.503. The Morgan fingerprint density at radius 2 is 1.77 bits per heavy atom. The van der Waals surface area contributed by atoms with Gasteiger partial charge in [0.05, 0.1) is 17.1 Å². The second-order valence-corrected chi connectivity index (χ2v) is 7.95. The molecule has 0 aliphatic carbocycles. The molecule has 1 amide bonds. The third-order valence-electron chi connectivity index (χ3n) is 5.96. The second-order valence-electron chi connectivity index (χ2n) is 7.95. The van der Waals surface area contributed by atoms with E-state index in [2.05, 4.69) is 9.97 Å². The highest BCUT2D eigenvalue weighted by Crippen LogP contribution is 2.24. The minimum atomic E-state index is -0.319. The van der Waals surface area contributed by atoms with E-state index in [0.717, 1.165) is 34.5 Å². The molecule has 1 atom stereocenters. The van der Waals surface area contributed by atoms with Crippen molar-refractivity contribution < 1.29 is 9.59 Å². The molecular weight excluding hydrogens is 388 g/mol. The van der Waals surface area contributed by atoms with Gasteiger partial charge in [-0.2, -0.15) is 0 Å². The molecule has 5 rings (SSSR count). The van der Waals surface area contributed by atoms with E-state index in [1.165, 1.54) is 0 Å². The van der Waals surface area contributed by atoms with Gasteiger partial charge < -0.3 is 14.5 Å². The number of fused-ring (bicyclic) bond motifs is 1. The highest BCUT2D eigenvalue weighted by molar-refractivity contribution is 5.92. The molecule has 0 saturated carbocycles. The van der Waals surface area contributed by atoms with Crippen molar-refractivity contribution in [2.45, 2.75) is 31.7 Å². The summed E-state index contributed by atoms with van der Waals surface area (Å²) < 4.78 is 2.01. The van der Waals surface area contributed by atoms with E-state index in [9.17, 15) is 9.59 Å². The van der Waals surface area contributed by atoms with Crippen molar-refractivity contribution in [1.29, 1.82) is 0 Å². The molecule has 0 radical (unpaired) electrons. The van der Waals surface area contributed by atoms with Crippen LogP contribution in [0.15, 0.2) is 73.1 Å². The lowest BCUT2D eigenvalue weighted by Gasteiger charge is -2.40. The highest BCUT2D eigenvalue weighted by Gasteiger charge is 2.37. The number of benzene rings is 2. The van der Waals surface area contributed by atoms with Crippen LogP contribution >= 0.6 is 0 Å². The van der Waals surface area contributed by atoms with Gasteiger partial charge in [0.1, 0.15) is 5.82 Å². The molecule has 2 aromatic carbocycles. The fourth-order valence-electron chi connectivity index (χ4n) is 4.23. The molecule has 3 heterocycles. The van der Waals surface area contributed by atoms with Crippen LogP contribution in [0.25, 0.3) is 16.7 Å². The second kappa shape index (κ2) is 8.22. The van der Waals surface area contributed by atoms with Gasteiger partial charge in [-0.15, -0.1) is 0 Å². The van der Waals surface area contributed by atoms with Crippen LogP contribution in [0.4, 0.5) is 0 Å². The molecule has 6 nitrogen and oxygen atoms in total. The lowest BCUT2D eigenvalue weighted by molar-refractivity contribution is -0.146. The lowest BCUT2D eigenvalue weighted by atomic mass is 9.93. The summed E-state index contributed by atoms with van der Waals surface area (Å²) in [6, 6.07) is 19.4. The summed E-state index contributed by atoms with van der Waals surface area (Å²) in [7, 11) is 0. The number of rotatable bonds is 7. The predicted octanol–water partition coefficient (Wildman–Crippen LogP) is 3.70. The maximum atomic E-state index is 13.0. The number of likely N-dealkylation sites (tertiary alicyclic amines) is 1. The van der Waals surface area contributed by atoms with Crippen LogP contribution in [0.5, 0.6) is 0 Å². The van der Waals surface area contributed by atoms with Crippen LogP contribution in [0.1, 0.15) is 24.2 Å². The Labute approximate surface area is 180 Å². The number of nitrogens with zero attached hydrogens (tertiary/aromatic N) is 3. The zero-order chi connectivity index (χ0) is 21.2. The van der Waals surface area contributed by atoms with E-state index in [1.54, 1.807) is 4.90 Å². The van der Waals surface area contributed by atoms with Crippen LogP contribution in [-0.4, -0.2) is 43.7 Å². The predicted molar refractivity (Wildman–Crippen MR) is 119 cm³/mol. The Hall–Kier alpha value is -3.67. The first-order valence-corrected chi connectivity index (χ1v) is 10.7. The number of hydrogen-bond acceptors (Lipinski definition) is 3. The first-order valence-electron chi connectivity index (χ1n) is 10.7. The Morgan fingerprint density at radius 1 is 1.00 bits per heavy atom. The summed E-state index contributed by atoms with van der Waals surface area (Å²) in [4.78, 5) is 35.3. The van der Waals surface area contributed by atoms with Crippen molar-refractivity contribution in [2.24, 2.45) is 0 Å². The van der Waals surface area contributed by atoms with Crippen molar-refractivity contribution in [2.75, 3.05) is 6.54 Å². The molecule has 1 saturated heterocycles. The monoisotopic (exact) mass is 412 g/mol. The van der Waals surface area contributed by atoms with Crippen molar-refractivity contribution >= 4 is 22.7 Å². The minimum Gasteiger partial charge on any atom is -0.342 e. The van der Waals surface area contributed by atoms with E-state index in [4.69, 9.17) is 0 Å². The van der Waals surface area contributed by atoms with Crippen LogP contribution in [0.2, 0.25) is 0 Å². The number of para-hydroxylation sites is 3. The number of aryl methyl sites for hydroxylation is 1. The summed E-state index contributed by atoms with van der Waals surface area (Å²) in [6.45, 7) is 0.647. The molecule has 2 aromatic heterocycles. The summed E-state index contributed by atoms with van der Waals surface area (Å²) in [6.07, 6.45) is 5.90.